The van der Waals surface area contributed by atoms with E-state index in [1.54, 1.807) is 0 Å². The summed E-state index contributed by atoms with van der Waals surface area (Å²) in [6.07, 6.45) is 0. The number of aromatic nitrogens is 3. The SMILES string of the molecule is O=C(O)c1nnn2c1OCC(c1ccccc1)C2. The molecule has 92 valence electrons. The monoisotopic (exact) mass is 245 g/mol. The fourth-order valence-corrected chi connectivity index (χ4v) is 2.07. The van der Waals surface area contributed by atoms with Crippen molar-refractivity contribution in [3.05, 3.63) is 41.6 Å². The Bertz CT molecular complexity index is 580. The third-order valence-electron chi connectivity index (χ3n) is 2.98. The van der Waals surface area contributed by atoms with Gasteiger partial charge in [-0.25, -0.2) is 9.48 Å². The third kappa shape index (κ3) is 1.71. The second-order valence-electron chi connectivity index (χ2n) is 4.15. The molecule has 18 heavy (non-hydrogen) atoms. The van der Waals surface area contributed by atoms with Crippen LogP contribution in [-0.2, 0) is 6.54 Å². The van der Waals surface area contributed by atoms with Crippen molar-refractivity contribution in [2.75, 3.05) is 6.61 Å². The Labute approximate surface area is 103 Å². The van der Waals surface area contributed by atoms with Crippen LogP contribution in [0.2, 0.25) is 0 Å². The number of hydrogen-bond acceptors (Lipinski definition) is 4. The van der Waals surface area contributed by atoms with Crippen LogP contribution in [0.4, 0.5) is 0 Å². The maximum absolute atomic E-state index is 10.9. The van der Waals surface area contributed by atoms with Crippen molar-refractivity contribution in [3.8, 4) is 5.88 Å². The number of rotatable bonds is 2. The van der Waals surface area contributed by atoms with Crippen LogP contribution in [-0.4, -0.2) is 32.7 Å². The van der Waals surface area contributed by atoms with Gasteiger partial charge >= 0.3 is 5.97 Å². The number of hydrogen-bond donors (Lipinski definition) is 1. The predicted molar refractivity (Wildman–Crippen MR) is 61.7 cm³/mol. The van der Waals surface area contributed by atoms with Crippen LogP contribution in [0.5, 0.6) is 5.88 Å². The molecule has 1 aromatic carbocycles. The van der Waals surface area contributed by atoms with Gasteiger partial charge in [-0.15, -0.1) is 5.10 Å². The molecule has 0 fully saturated rings. The molecule has 1 unspecified atom stereocenters. The summed E-state index contributed by atoms with van der Waals surface area (Å²) in [5.41, 5.74) is 1.03. The van der Waals surface area contributed by atoms with Gasteiger partial charge in [-0.2, -0.15) is 0 Å². The van der Waals surface area contributed by atoms with Gasteiger partial charge in [-0.3, -0.25) is 0 Å². The highest BCUT2D eigenvalue weighted by Gasteiger charge is 2.28. The minimum atomic E-state index is -1.12. The summed E-state index contributed by atoms with van der Waals surface area (Å²) in [5, 5.41) is 16.3. The summed E-state index contributed by atoms with van der Waals surface area (Å²) in [5.74, 6) is -0.703. The van der Waals surface area contributed by atoms with E-state index in [4.69, 9.17) is 9.84 Å². The van der Waals surface area contributed by atoms with Gasteiger partial charge in [-0.1, -0.05) is 35.5 Å². The molecule has 2 aromatic rings. The number of benzene rings is 1. The van der Waals surface area contributed by atoms with Crippen LogP contribution in [0.1, 0.15) is 22.0 Å². The highest BCUT2D eigenvalue weighted by Crippen LogP contribution is 2.28. The molecule has 1 N–H and O–H groups in total. The summed E-state index contributed by atoms with van der Waals surface area (Å²) in [6.45, 7) is 1.03. The lowest BCUT2D eigenvalue weighted by molar-refractivity contribution is 0.0682. The van der Waals surface area contributed by atoms with Gasteiger partial charge in [-0.05, 0) is 5.56 Å². The molecule has 0 bridgehead atoms. The summed E-state index contributed by atoms with van der Waals surface area (Å²) in [7, 11) is 0. The Morgan fingerprint density at radius 3 is 2.89 bits per heavy atom. The molecule has 1 aliphatic heterocycles. The van der Waals surface area contributed by atoms with Gasteiger partial charge in [0.2, 0.25) is 11.6 Å². The van der Waals surface area contributed by atoms with E-state index in [1.807, 2.05) is 30.3 Å². The van der Waals surface area contributed by atoms with Crippen molar-refractivity contribution in [3.63, 3.8) is 0 Å². The van der Waals surface area contributed by atoms with Gasteiger partial charge in [0.1, 0.15) is 0 Å². The Morgan fingerprint density at radius 2 is 2.17 bits per heavy atom. The molecule has 1 atom stereocenters. The molecular formula is C12H11N3O3. The lowest BCUT2D eigenvalue weighted by Crippen LogP contribution is -2.24. The molecule has 2 heterocycles. The van der Waals surface area contributed by atoms with Gasteiger partial charge in [0.15, 0.2) is 0 Å². The quantitative estimate of drug-likeness (QED) is 0.858. The van der Waals surface area contributed by atoms with E-state index >= 15 is 0 Å². The van der Waals surface area contributed by atoms with Crippen LogP contribution in [0.15, 0.2) is 30.3 Å². The Kier molecular flexibility index (Phi) is 2.47. The summed E-state index contributed by atoms with van der Waals surface area (Å²) >= 11 is 0. The molecule has 3 rings (SSSR count). The average Bonchev–Trinajstić information content (AvgIpc) is 2.82. The van der Waals surface area contributed by atoms with Gasteiger partial charge in [0, 0.05) is 5.92 Å². The van der Waals surface area contributed by atoms with Crippen LogP contribution >= 0.6 is 0 Å². The van der Waals surface area contributed by atoms with Crippen LogP contribution in [0.25, 0.3) is 0 Å². The second kappa shape index (κ2) is 4.14. The fraction of sp³-hybridized carbons (Fsp3) is 0.250. The van der Waals surface area contributed by atoms with Crippen molar-refractivity contribution in [2.45, 2.75) is 12.5 Å². The summed E-state index contributed by atoms with van der Waals surface area (Å²) in [6, 6.07) is 9.93. The van der Waals surface area contributed by atoms with E-state index in [-0.39, 0.29) is 17.5 Å². The van der Waals surface area contributed by atoms with Crippen molar-refractivity contribution >= 4 is 5.97 Å². The standard InChI is InChI=1S/C12H11N3O3/c16-12(17)10-11-15(14-13-10)6-9(7-18-11)8-4-2-1-3-5-8/h1-5,9H,6-7H2,(H,16,17). The van der Waals surface area contributed by atoms with Gasteiger partial charge in [0.25, 0.3) is 0 Å². The molecule has 0 saturated carbocycles. The molecular weight excluding hydrogens is 234 g/mol. The normalized spacial score (nSPS) is 17.9. The maximum Gasteiger partial charge on any atom is 0.362 e. The minimum absolute atomic E-state index is 0.124. The number of carboxylic acid groups (broad SMARTS) is 1. The number of fused-ring (bicyclic) bond motifs is 1. The number of aromatic carboxylic acids is 1. The topological polar surface area (TPSA) is 77.2 Å². The van der Waals surface area contributed by atoms with E-state index < -0.39 is 5.97 Å². The van der Waals surface area contributed by atoms with Crippen molar-refractivity contribution in [1.82, 2.24) is 15.0 Å². The van der Waals surface area contributed by atoms with E-state index in [9.17, 15) is 4.79 Å². The molecule has 6 heteroatoms. The molecule has 1 aromatic heterocycles. The van der Waals surface area contributed by atoms with Crippen LogP contribution < -0.4 is 4.74 Å². The molecule has 0 spiro atoms. The first kappa shape index (κ1) is 10.8. The van der Waals surface area contributed by atoms with E-state index in [1.165, 1.54) is 4.68 Å². The summed E-state index contributed by atoms with van der Waals surface area (Å²) < 4.78 is 6.98. The zero-order valence-corrected chi connectivity index (χ0v) is 9.48. The lowest BCUT2D eigenvalue weighted by Gasteiger charge is -2.23. The second-order valence-corrected chi connectivity index (χ2v) is 4.15. The number of carbonyl (C=O) groups is 1. The van der Waals surface area contributed by atoms with Crippen LogP contribution in [0, 0.1) is 0 Å². The van der Waals surface area contributed by atoms with Crippen molar-refractivity contribution in [1.29, 1.82) is 0 Å². The highest BCUT2D eigenvalue weighted by molar-refractivity contribution is 5.87. The number of nitrogens with zero attached hydrogens (tertiary/aromatic N) is 3. The van der Waals surface area contributed by atoms with E-state index in [0.717, 1.165) is 5.56 Å². The Balaban J connectivity index is 1.89. The Hall–Kier alpha value is -2.37. The molecule has 1 aliphatic rings. The van der Waals surface area contributed by atoms with Gasteiger partial charge in [0.05, 0.1) is 13.2 Å². The smallest absolute Gasteiger partial charge is 0.362 e. The minimum Gasteiger partial charge on any atom is -0.476 e. The maximum atomic E-state index is 10.9. The average molecular weight is 245 g/mol. The number of ether oxygens (including phenoxy) is 1. The molecule has 0 radical (unpaired) electrons. The first-order valence-electron chi connectivity index (χ1n) is 5.60. The van der Waals surface area contributed by atoms with Crippen molar-refractivity contribution in [2.24, 2.45) is 0 Å². The van der Waals surface area contributed by atoms with Crippen molar-refractivity contribution < 1.29 is 14.6 Å². The first-order valence-corrected chi connectivity index (χ1v) is 5.60. The molecule has 6 nitrogen and oxygen atoms in total. The molecule has 0 amide bonds. The zero-order valence-electron chi connectivity index (χ0n) is 9.48. The van der Waals surface area contributed by atoms with Gasteiger partial charge < -0.3 is 9.84 Å². The first-order chi connectivity index (χ1) is 8.75. The Morgan fingerprint density at radius 1 is 1.39 bits per heavy atom. The molecule has 0 saturated heterocycles. The predicted octanol–water partition coefficient (Wildman–Crippen LogP) is 1.15. The third-order valence-corrected chi connectivity index (χ3v) is 2.98. The van der Waals surface area contributed by atoms with Crippen LogP contribution in [0.3, 0.4) is 0 Å². The summed E-state index contributed by atoms with van der Waals surface area (Å²) in [4.78, 5) is 10.9. The number of carboxylic acids is 1. The lowest BCUT2D eigenvalue weighted by atomic mass is 9.99. The molecule has 0 aliphatic carbocycles. The largest absolute Gasteiger partial charge is 0.476 e. The highest BCUT2D eigenvalue weighted by atomic mass is 16.5. The fourth-order valence-electron chi connectivity index (χ4n) is 2.07. The zero-order chi connectivity index (χ0) is 12.5. The van der Waals surface area contributed by atoms with E-state index in [2.05, 4.69) is 10.3 Å². The van der Waals surface area contributed by atoms with E-state index in [0.29, 0.717) is 13.2 Å².